The van der Waals surface area contributed by atoms with E-state index in [1.54, 1.807) is 18.2 Å². The molecule has 0 bridgehead atoms. The van der Waals surface area contributed by atoms with Crippen LogP contribution < -0.4 is 16.4 Å². The molecule has 1 aliphatic rings. The fourth-order valence-corrected chi connectivity index (χ4v) is 3.38. The van der Waals surface area contributed by atoms with Crippen LogP contribution in [0.3, 0.4) is 0 Å². The van der Waals surface area contributed by atoms with Crippen LogP contribution in [0.4, 0.5) is 0 Å². The van der Waals surface area contributed by atoms with Crippen molar-refractivity contribution in [2.75, 3.05) is 13.1 Å². The Labute approximate surface area is 155 Å². The van der Waals surface area contributed by atoms with Crippen molar-refractivity contribution in [1.29, 1.82) is 0 Å². The minimum atomic E-state index is -0.509. The van der Waals surface area contributed by atoms with E-state index in [0.29, 0.717) is 39.4 Å². The number of rotatable bonds is 4. The highest BCUT2D eigenvalue weighted by atomic mass is 16.2. The van der Waals surface area contributed by atoms with Crippen molar-refractivity contribution >= 4 is 22.8 Å². The van der Waals surface area contributed by atoms with Gasteiger partial charge in [0.25, 0.3) is 5.91 Å². The number of nitrogens with one attached hydrogen (secondary N) is 4. The van der Waals surface area contributed by atoms with Gasteiger partial charge in [0.2, 0.25) is 5.91 Å². The van der Waals surface area contributed by atoms with E-state index in [0.717, 1.165) is 25.9 Å². The van der Waals surface area contributed by atoms with Gasteiger partial charge < -0.3 is 21.4 Å². The quantitative estimate of drug-likeness (QED) is 0.465. The number of aromatic nitrogens is 4. The first-order valence-electron chi connectivity index (χ1n) is 8.89. The number of carbonyl (C=O) groups is 2. The van der Waals surface area contributed by atoms with Gasteiger partial charge >= 0.3 is 0 Å². The molecule has 9 nitrogen and oxygen atoms in total. The summed E-state index contributed by atoms with van der Waals surface area (Å²) in [6, 6.07) is 5.12. The molecule has 0 unspecified atom stereocenters. The molecule has 0 atom stereocenters. The lowest BCUT2D eigenvalue weighted by atomic mass is 10.1. The van der Waals surface area contributed by atoms with Crippen molar-refractivity contribution in [1.82, 2.24) is 30.8 Å². The Bertz CT molecular complexity index is 1010. The number of amides is 2. The first-order chi connectivity index (χ1) is 13.0. The predicted octanol–water partition coefficient (Wildman–Crippen LogP) is 0.842. The number of imidazole rings is 1. The number of piperidine rings is 1. The molecule has 1 aromatic carbocycles. The van der Waals surface area contributed by atoms with Crippen LogP contribution in [0.5, 0.6) is 0 Å². The van der Waals surface area contributed by atoms with E-state index in [-0.39, 0.29) is 11.9 Å². The minimum Gasteiger partial charge on any atom is -0.366 e. The SMILES string of the molecule is Cc1[nH]nc(-c2nc3ccc(C(N)=O)cc3[nH]2)c1C(=O)NC1CCNCC1. The van der Waals surface area contributed by atoms with E-state index >= 15 is 0 Å². The topological polar surface area (TPSA) is 142 Å². The highest BCUT2D eigenvalue weighted by Gasteiger charge is 2.24. The molecule has 2 amide bonds. The van der Waals surface area contributed by atoms with Crippen molar-refractivity contribution in [2.24, 2.45) is 5.73 Å². The Morgan fingerprint density at radius 1 is 1.26 bits per heavy atom. The lowest BCUT2D eigenvalue weighted by Gasteiger charge is -2.23. The smallest absolute Gasteiger partial charge is 0.255 e. The van der Waals surface area contributed by atoms with Gasteiger partial charge in [-0.05, 0) is 51.1 Å². The predicted molar refractivity (Wildman–Crippen MR) is 100 cm³/mol. The highest BCUT2D eigenvalue weighted by molar-refractivity contribution is 6.01. The number of aryl methyl sites for hydroxylation is 1. The maximum atomic E-state index is 12.9. The standard InChI is InChI=1S/C18H21N7O2/c1-9-14(18(27)21-11-4-6-20-7-5-11)15(25-24-9)17-22-12-3-2-10(16(19)26)8-13(12)23-17/h2-3,8,11,20H,4-7H2,1H3,(H2,19,26)(H,21,27)(H,22,23)(H,24,25). The second-order valence-corrected chi connectivity index (χ2v) is 6.75. The van der Waals surface area contributed by atoms with Gasteiger partial charge in [0.15, 0.2) is 5.82 Å². The summed E-state index contributed by atoms with van der Waals surface area (Å²) in [6.45, 7) is 3.60. The number of aromatic amines is 2. The van der Waals surface area contributed by atoms with Crippen LogP contribution in [0.25, 0.3) is 22.6 Å². The van der Waals surface area contributed by atoms with Crippen LogP contribution in [-0.2, 0) is 0 Å². The molecule has 9 heteroatoms. The van der Waals surface area contributed by atoms with Gasteiger partial charge in [-0.2, -0.15) is 5.10 Å². The average molecular weight is 367 g/mol. The number of carbonyl (C=O) groups excluding carboxylic acids is 2. The van der Waals surface area contributed by atoms with Crippen LogP contribution in [0.1, 0.15) is 39.3 Å². The second-order valence-electron chi connectivity index (χ2n) is 6.75. The summed E-state index contributed by atoms with van der Waals surface area (Å²) in [5, 5.41) is 13.5. The largest absolute Gasteiger partial charge is 0.366 e. The Morgan fingerprint density at radius 2 is 2.04 bits per heavy atom. The van der Waals surface area contributed by atoms with Crippen molar-refractivity contribution in [3.63, 3.8) is 0 Å². The normalized spacial score (nSPS) is 15.1. The molecule has 0 saturated carbocycles. The van der Waals surface area contributed by atoms with E-state index in [9.17, 15) is 9.59 Å². The van der Waals surface area contributed by atoms with Crippen molar-refractivity contribution in [3.8, 4) is 11.5 Å². The summed E-state index contributed by atoms with van der Waals surface area (Å²) in [6.07, 6.45) is 1.80. The summed E-state index contributed by atoms with van der Waals surface area (Å²) >= 11 is 0. The molecule has 0 spiro atoms. The summed E-state index contributed by atoms with van der Waals surface area (Å²) in [5.41, 5.74) is 8.65. The lowest BCUT2D eigenvalue weighted by molar-refractivity contribution is 0.0928. The fourth-order valence-electron chi connectivity index (χ4n) is 3.38. The third kappa shape index (κ3) is 3.28. The number of primary amides is 1. The summed E-state index contributed by atoms with van der Waals surface area (Å²) in [4.78, 5) is 31.9. The van der Waals surface area contributed by atoms with Crippen molar-refractivity contribution < 1.29 is 9.59 Å². The van der Waals surface area contributed by atoms with E-state index < -0.39 is 5.91 Å². The minimum absolute atomic E-state index is 0.148. The number of benzene rings is 1. The molecule has 4 rings (SSSR count). The Hall–Kier alpha value is -3.20. The summed E-state index contributed by atoms with van der Waals surface area (Å²) in [7, 11) is 0. The first-order valence-corrected chi connectivity index (χ1v) is 8.89. The van der Waals surface area contributed by atoms with Crippen LogP contribution in [-0.4, -0.2) is 51.1 Å². The van der Waals surface area contributed by atoms with Gasteiger partial charge in [0.05, 0.1) is 16.6 Å². The van der Waals surface area contributed by atoms with Crippen molar-refractivity contribution in [2.45, 2.75) is 25.8 Å². The van der Waals surface area contributed by atoms with Gasteiger partial charge in [-0.15, -0.1) is 0 Å². The molecule has 1 aliphatic heterocycles. The molecule has 0 aliphatic carbocycles. The molecular formula is C18H21N7O2. The number of nitrogens with zero attached hydrogens (tertiary/aromatic N) is 2. The second kappa shape index (κ2) is 6.84. The molecule has 0 radical (unpaired) electrons. The third-order valence-electron chi connectivity index (χ3n) is 4.84. The number of nitrogens with two attached hydrogens (primary N) is 1. The highest BCUT2D eigenvalue weighted by Crippen LogP contribution is 2.25. The Balaban J connectivity index is 1.67. The molecule has 6 N–H and O–H groups in total. The van der Waals surface area contributed by atoms with Gasteiger partial charge in [0, 0.05) is 17.3 Å². The number of H-pyrrole nitrogens is 2. The zero-order chi connectivity index (χ0) is 19.0. The Kier molecular flexibility index (Phi) is 4.36. The van der Waals surface area contributed by atoms with Crippen LogP contribution in [0, 0.1) is 6.92 Å². The molecule has 3 aromatic rings. The molecule has 2 aromatic heterocycles. The van der Waals surface area contributed by atoms with Gasteiger partial charge in [-0.3, -0.25) is 14.7 Å². The zero-order valence-corrected chi connectivity index (χ0v) is 14.9. The summed E-state index contributed by atoms with van der Waals surface area (Å²) < 4.78 is 0. The molecule has 27 heavy (non-hydrogen) atoms. The van der Waals surface area contributed by atoms with Crippen molar-refractivity contribution in [3.05, 3.63) is 35.0 Å². The first kappa shape index (κ1) is 17.2. The van der Waals surface area contributed by atoms with E-state index in [2.05, 4.69) is 30.8 Å². The zero-order valence-electron chi connectivity index (χ0n) is 14.9. The van der Waals surface area contributed by atoms with E-state index in [1.165, 1.54) is 0 Å². The molecular weight excluding hydrogens is 346 g/mol. The molecule has 140 valence electrons. The van der Waals surface area contributed by atoms with Crippen LogP contribution in [0.2, 0.25) is 0 Å². The maximum absolute atomic E-state index is 12.9. The van der Waals surface area contributed by atoms with E-state index in [1.807, 2.05) is 6.92 Å². The number of hydrogen-bond donors (Lipinski definition) is 5. The number of hydrogen-bond acceptors (Lipinski definition) is 5. The summed E-state index contributed by atoms with van der Waals surface area (Å²) in [5.74, 6) is -0.210. The lowest BCUT2D eigenvalue weighted by Crippen LogP contribution is -2.42. The molecule has 1 fully saturated rings. The van der Waals surface area contributed by atoms with Crippen LogP contribution >= 0.6 is 0 Å². The fraction of sp³-hybridized carbons (Fsp3) is 0.333. The molecule has 1 saturated heterocycles. The van der Waals surface area contributed by atoms with E-state index in [4.69, 9.17) is 5.73 Å². The number of fused-ring (bicyclic) bond motifs is 1. The maximum Gasteiger partial charge on any atom is 0.255 e. The molecule has 3 heterocycles. The monoisotopic (exact) mass is 367 g/mol. The van der Waals surface area contributed by atoms with Gasteiger partial charge in [0.1, 0.15) is 5.69 Å². The third-order valence-corrected chi connectivity index (χ3v) is 4.84. The van der Waals surface area contributed by atoms with Gasteiger partial charge in [-0.1, -0.05) is 0 Å². The average Bonchev–Trinajstić information content (AvgIpc) is 3.24. The van der Waals surface area contributed by atoms with Crippen LogP contribution in [0.15, 0.2) is 18.2 Å². The Morgan fingerprint density at radius 3 is 2.78 bits per heavy atom. The van der Waals surface area contributed by atoms with Gasteiger partial charge in [-0.25, -0.2) is 4.98 Å².